The van der Waals surface area contributed by atoms with Crippen molar-refractivity contribution in [1.82, 2.24) is 24.9 Å². The van der Waals surface area contributed by atoms with E-state index in [4.69, 9.17) is 19.9 Å². The molecule has 0 saturated carbocycles. The normalized spacial score (nSPS) is 13.1. The van der Waals surface area contributed by atoms with Crippen molar-refractivity contribution in [2.24, 2.45) is 0 Å². The van der Waals surface area contributed by atoms with Gasteiger partial charge in [0.2, 0.25) is 0 Å². The average Bonchev–Trinajstić information content (AvgIpc) is 3.42. The second-order valence-corrected chi connectivity index (χ2v) is 13.7. The lowest BCUT2D eigenvalue weighted by Crippen LogP contribution is -2.15. The van der Waals surface area contributed by atoms with Gasteiger partial charge in [-0.1, -0.05) is 123 Å². The molecule has 0 spiro atoms. The Kier molecular flexibility index (Phi) is 6.46. The molecule has 0 fully saturated rings. The van der Waals surface area contributed by atoms with E-state index in [9.17, 15) is 0 Å². The highest BCUT2D eigenvalue weighted by Gasteiger charge is 2.35. The molecule has 0 amide bonds. The number of hydrogen-bond acceptors (Lipinski definition) is 5. The molecular weight excluding hydrogens is 623 g/mol. The summed E-state index contributed by atoms with van der Waals surface area (Å²) in [5.74, 6) is 0.725. The van der Waals surface area contributed by atoms with Crippen LogP contribution in [0.4, 0.5) is 0 Å². The van der Waals surface area contributed by atoms with Gasteiger partial charge in [0.15, 0.2) is 5.82 Å². The number of aromatic nitrogens is 5. The minimum absolute atomic E-state index is 0.0992. The monoisotopic (exact) mass is 653 g/mol. The molecule has 0 aliphatic heterocycles. The average molecular weight is 654 g/mol. The molecule has 0 atom stereocenters. The molecule has 0 N–H and O–H groups in total. The molecule has 5 nitrogen and oxygen atoms in total. The standard InChI is InChI=1S/C46H31N5/c1-46(2)36-11-5-3-9-33(36)34-23-20-32(27-37(34)46)45-50-39-12-6-4-10-35(39)42(51-45)29-16-14-28(15-17-29)38-24-21-30-18-19-31-22-25-41(40-13-7-8-26-47-40)49-44(31)43(30)48-38/h3-27H,1-2H3. The molecule has 0 unspecified atom stereocenters. The van der Waals surface area contributed by atoms with Gasteiger partial charge < -0.3 is 0 Å². The van der Waals surface area contributed by atoms with Gasteiger partial charge in [-0.15, -0.1) is 0 Å². The Bertz CT molecular complexity index is 2820. The molecule has 5 aromatic carbocycles. The van der Waals surface area contributed by atoms with Crippen LogP contribution in [0.2, 0.25) is 0 Å². The number of benzene rings is 5. The second-order valence-electron chi connectivity index (χ2n) is 13.7. The van der Waals surface area contributed by atoms with Gasteiger partial charge in [-0.05, 0) is 58.7 Å². The first-order valence-electron chi connectivity index (χ1n) is 17.3. The van der Waals surface area contributed by atoms with Crippen molar-refractivity contribution in [3.63, 3.8) is 0 Å². The summed E-state index contributed by atoms with van der Waals surface area (Å²) >= 11 is 0. The van der Waals surface area contributed by atoms with Crippen molar-refractivity contribution in [3.8, 4) is 56.4 Å². The molecule has 1 aliphatic rings. The Labute approximate surface area is 295 Å². The van der Waals surface area contributed by atoms with Crippen molar-refractivity contribution in [2.75, 3.05) is 0 Å². The topological polar surface area (TPSA) is 64.5 Å². The van der Waals surface area contributed by atoms with E-state index >= 15 is 0 Å². The zero-order valence-corrected chi connectivity index (χ0v) is 28.2. The molecule has 51 heavy (non-hydrogen) atoms. The molecule has 10 rings (SSSR count). The van der Waals surface area contributed by atoms with E-state index in [1.165, 1.54) is 22.3 Å². The van der Waals surface area contributed by atoms with Crippen LogP contribution in [0.3, 0.4) is 0 Å². The van der Waals surface area contributed by atoms with Crippen LogP contribution < -0.4 is 0 Å². The first-order chi connectivity index (χ1) is 25.0. The van der Waals surface area contributed by atoms with Crippen LogP contribution in [-0.2, 0) is 5.41 Å². The third-order valence-corrected chi connectivity index (χ3v) is 10.3. The lowest BCUT2D eigenvalue weighted by molar-refractivity contribution is 0.660. The van der Waals surface area contributed by atoms with Gasteiger partial charge in [0.25, 0.3) is 0 Å². The van der Waals surface area contributed by atoms with Crippen LogP contribution in [0, 0.1) is 0 Å². The highest BCUT2D eigenvalue weighted by atomic mass is 14.9. The van der Waals surface area contributed by atoms with Crippen molar-refractivity contribution < 1.29 is 0 Å². The molecule has 5 heteroatoms. The Morgan fingerprint density at radius 2 is 1.10 bits per heavy atom. The first-order valence-corrected chi connectivity index (χ1v) is 17.3. The summed E-state index contributed by atoms with van der Waals surface area (Å²) in [6.45, 7) is 4.61. The number of pyridine rings is 3. The van der Waals surface area contributed by atoms with Crippen LogP contribution in [0.15, 0.2) is 152 Å². The van der Waals surface area contributed by atoms with Gasteiger partial charge in [0.05, 0.1) is 39.3 Å². The maximum Gasteiger partial charge on any atom is 0.160 e. The summed E-state index contributed by atoms with van der Waals surface area (Å²) in [5, 5.41) is 3.12. The zero-order chi connectivity index (χ0) is 34.1. The Morgan fingerprint density at radius 1 is 0.451 bits per heavy atom. The molecule has 4 aromatic heterocycles. The van der Waals surface area contributed by atoms with Crippen molar-refractivity contribution in [2.45, 2.75) is 19.3 Å². The molecule has 4 heterocycles. The number of para-hydroxylation sites is 1. The number of hydrogen-bond donors (Lipinski definition) is 0. The maximum atomic E-state index is 5.23. The van der Waals surface area contributed by atoms with Crippen molar-refractivity contribution >= 4 is 32.7 Å². The van der Waals surface area contributed by atoms with E-state index in [-0.39, 0.29) is 5.41 Å². The van der Waals surface area contributed by atoms with E-state index < -0.39 is 0 Å². The fraction of sp³-hybridized carbons (Fsp3) is 0.0652. The van der Waals surface area contributed by atoms with Crippen LogP contribution in [-0.4, -0.2) is 24.9 Å². The summed E-state index contributed by atoms with van der Waals surface area (Å²) < 4.78 is 0. The first kappa shape index (κ1) is 29.3. The van der Waals surface area contributed by atoms with Crippen molar-refractivity contribution in [3.05, 3.63) is 163 Å². The molecular formula is C46H31N5. The van der Waals surface area contributed by atoms with Crippen LogP contribution in [0.25, 0.3) is 89.1 Å². The van der Waals surface area contributed by atoms with Gasteiger partial charge in [0.1, 0.15) is 0 Å². The third-order valence-electron chi connectivity index (χ3n) is 10.3. The predicted octanol–water partition coefficient (Wildman–Crippen LogP) is 11.1. The lowest BCUT2D eigenvalue weighted by Gasteiger charge is -2.21. The fourth-order valence-electron chi connectivity index (χ4n) is 7.65. The lowest BCUT2D eigenvalue weighted by atomic mass is 9.82. The molecule has 9 aromatic rings. The number of fused-ring (bicyclic) bond motifs is 7. The van der Waals surface area contributed by atoms with Crippen LogP contribution in [0.1, 0.15) is 25.0 Å². The van der Waals surface area contributed by atoms with Crippen molar-refractivity contribution in [1.29, 1.82) is 0 Å². The highest BCUT2D eigenvalue weighted by molar-refractivity contribution is 6.04. The van der Waals surface area contributed by atoms with E-state index in [2.05, 4.69) is 134 Å². The quantitative estimate of drug-likeness (QED) is 0.177. The van der Waals surface area contributed by atoms with Crippen LogP contribution in [0.5, 0.6) is 0 Å². The zero-order valence-electron chi connectivity index (χ0n) is 28.2. The molecule has 0 radical (unpaired) electrons. The minimum atomic E-state index is -0.0992. The van der Waals surface area contributed by atoms with E-state index in [0.717, 1.165) is 78.0 Å². The summed E-state index contributed by atoms with van der Waals surface area (Å²) in [4.78, 5) is 25.0. The molecule has 0 bridgehead atoms. The number of rotatable bonds is 4. The fourth-order valence-corrected chi connectivity index (χ4v) is 7.65. The van der Waals surface area contributed by atoms with Gasteiger partial charge in [-0.2, -0.15) is 0 Å². The minimum Gasteiger partial charge on any atom is -0.255 e. The smallest absolute Gasteiger partial charge is 0.160 e. The van der Waals surface area contributed by atoms with Crippen LogP contribution >= 0.6 is 0 Å². The molecule has 0 saturated heterocycles. The van der Waals surface area contributed by atoms with Gasteiger partial charge >= 0.3 is 0 Å². The second kappa shape index (κ2) is 11.2. The summed E-state index contributed by atoms with van der Waals surface area (Å²) in [5.41, 5.74) is 14.4. The van der Waals surface area contributed by atoms with E-state index in [1.54, 1.807) is 6.20 Å². The summed E-state index contributed by atoms with van der Waals surface area (Å²) in [7, 11) is 0. The van der Waals surface area contributed by atoms with Gasteiger partial charge in [-0.3, -0.25) is 4.98 Å². The summed E-state index contributed by atoms with van der Waals surface area (Å²) in [6.07, 6.45) is 1.79. The third kappa shape index (κ3) is 4.73. The Balaban J connectivity index is 1.05. The van der Waals surface area contributed by atoms with E-state index in [1.807, 2.05) is 30.3 Å². The predicted molar refractivity (Wildman–Crippen MR) is 207 cm³/mol. The Hall–Kier alpha value is -6.59. The van der Waals surface area contributed by atoms with Gasteiger partial charge in [0, 0.05) is 44.5 Å². The number of nitrogens with zero attached hydrogens (tertiary/aromatic N) is 5. The summed E-state index contributed by atoms with van der Waals surface area (Å²) in [6, 6.07) is 50.6. The SMILES string of the molecule is CC1(C)c2ccccc2-c2ccc(-c3nc(-c4ccc(-c5ccc6ccc7ccc(-c8ccccn8)nc7c6n5)cc4)c4ccccc4n3)cc21. The molecule has 240 valence electrons. The highest BCUT2D eigenvalue weighted by Crippen LogP contribution is 2.49. The largest absolute Gasteiger partial charge is 0.255 e. The van der Waals surface area contributed by atoms with Gasteiger partial charge in [-0.25, -0.2) is 19.9 Å². The molecule has 1 aliphatic carbocycles. The Morgan fingerprint density at radius 3 is 1.90 bits per heavy atom. The maximum absolute atomic E-state index is 5.23. The van der Waals surface area contributed by atoms with E-state index in [0.29, 0.717) is 0 Å².